The van der Waals surface area contributed by atoms with Gasteiger partial charge in [0, 0.05) is 11.6 Å². The maximum absolute atomic E-state index is 12.0. The van der Waals surface area contributed by atoms with Crippen molar-refractivity contribution < 1.29 is 19.4 Å². The van der Waals surface area contributed by atoms with Gasteiger partial charge in [-0.15, -0.1) is 0 Å². The van der Waals surface area contributed by atoms with Crippen LogP contribution in [0.1, 0.15) is 25.0 Å². The average Bonchev–Trinajstić information content (AvgIpc) is 2.56. The molecule has 0 aromatic heterocycles. The molecule has 0 unspecified atom stereocenters. The largest absolute Gasteiger partial charge is 0.478 e. The molecule has 0 aliphatic rings. The fourth-order valence-corrected chi connectivity index (χ4v) is 2.19. The van der Waals surface area contributed by atoms with Crippen LogP contribution in [0.15, 0.2) is 48.5 Å². The summed E-state index contributed by atoms with van der Waals surface area (Å²) < 4.78 is 5.43. The normalized spacial score (nSPS) is 11.0. The van der Waals surface area contributed by atoms with Crippen molar-refractivity contribution in [1.29, 1.82) is 0 Å². The van der Waals surface area contributed by atoms with E-state index < -0.39 is 11.6 Å². The highest BCUT2D eigenvalue weighted by Crippen LogP contribution is 2.19. The molecule has 2 aromatic carbocycles. The molecule has 0 saturated heterocycles. The number of rotatable bonds is 7. The minimum atomic E-state index is -1.30. The van der Waals surface area contributed by atoms with Gasteiger partial charge in [-0.1, -0.05) is 35.9 Å². The maximum atomic E-state index is 12.0. The summed E-state index contributed by atoms with van der Waals surface area (Å²) in [6.45, 7) is 3.36. The summed E-state index contributed by atoms with van der Waals surface area (Å²) in [7, 11) is 0. The van der Waals surface area contributed by atoms with E-state index in [1.807, 2.05) is 12.1 Å². The van der Waals surface area contributed by atoms with E-state index in [0.717, 1.165) is 11.1 Å². The van der Waals surface area contributed by atoms with E-state index in [2.05, 4.69) is 5.32 Å². The summed E-state index contributed by atoms with van der Waals surface area (Å²) >= 11 is 5.82. The number of carbonyl (C=O) groups excluding carboxylic acids is 1. The molecule has 0 aliphatic carbocycles. The van der Waals surface area contributed by atoms with Crippen LogP contribution in [0.3, 0.4) is 0 Å². The molecule has 0 fully saturated rings. The smallest absolute Gasteiger partial charge is 0.347 e. The molecule has 0 spiro atoms. The van der Waals surface area contributed by atoms with E-state index in [1.54, 1.807) is 36.4 Å². The zero-order valence-corrected chi connectivity index (χ0v) is 14.8. The standard InChI is InChI=1S/C19H20ClNO4/c1-19(2,18(23)24)25-16-9-5-14(6-10-16)12-21-17(22)11-13-3-7-15(20)8-4-13/h3-10H,11-12H2,1-2H3,(H,21,22)(H,23,24). The third kappa shape index (κ3) is 5.80. The van der Waals surface area contributed by atoms with Gasteiger partial charge in [-0.2, -0.15) is 0 Å². The van der Waals surface area contributed by atoms with Crippen molar-refractivity contribution in [3.8, 4) is 5.75 Å². The highest BCUT2D eigenvalue weighted by atomic mass is 35.5. The van der Waals surface area contributed by atoms with E-state index in [0.29, 0.717) is 17.3 Å². The number of amides is 1. The molecule has 132 valence electrons. The van der Waals surface area contributed by atoms with Gasteiger partial charge in [0.1, 0.15) is 5.75 Å². The highest BCUT2D eigenvalue weighted by molar-refractivity contribution is 6.30. The van der Waals surface area contributed by atoms with E-state index in [-0.39, 0.29) is 12.3 Å². The zero-order chi connectivity index (χ0) is 18.4. The highest BCUT2D eigenvalue weighted by Gasteiger charge is 2.29. The molecule has 0 saturated carbocycles. The Morgan fingerprint density at radius 2 is 1.60 bits per heavy atom. The molecule has 25 heavy (non-hydrogen) atoms. The van der Waals surface area contributed by atoms with Crippen molar-refractivity contribution in [2.45, 2.75) is 32.4 Å². The summed E-state index contributed by atoms with van der Waals surface area (Å²) in [5, 5.41) is 12.5. The first kappa shape index (κ1) is 18.8. The predicted molar refractivity (Wildman–Crippen MR) is 95.8 cm³/mol. The lowest BCUT2D eigenvalue weighted by atomic mass is 10.1. The number of benzene rings is 2. The van der Waals surface area contributed by atoms with Crippen LogP contribution in [0, 0.1) is 0 Å². The first-order valence-corrected chi connectivity index (χ1v) is 8.16. The number of ether oxygens (including phenoxy) is 1. The summed E-state index contributed by atoms with van der Waals surface area (Å²) in [6.07, 6.45) is 0.283. The second-order valence-electron chi connectivity index (χ2n) is 6.14. The van der Waals surface area contributed by atoms with E-state index in [4.69, 9.17) is 21.4 Å². The van der Waals surface area contributed by atoms with Gasteiger partial charge < -0.3 is 15.2 Å². The van der Waals surface area contributed by atoms with Gasteiger partial charge >= 0.3 is 5.97 Å². The van der Waals surface area contributed by atoms with Crippen LogP contribution in [0.4, 0.5) is 0 Å². The summed E-state index contributed by atoms with van der Waals surface area (Å²) in [4.78, 5) is 23.0. The van der Waals surface area contributed by atoms with Gasteiger partial charge in [0.05, 0.1) is 6.42 Å². The third-order valence-electron chi connectivity index (χ3n) is 3.58. The summed E-state index contributed by atoms with van der Waals surface area (Å²) in [6, 6.07) is 14.1. The van der Waals surface area contributed by atoms with Crippen LogP contribution in [0.2, 0.25) is 5.02 Å². The number of hydrogen-bond acceptors (Lipinski definition) is 3. The topological polar surface area (TPSA) is 75.6 Å². The second-order valence-corrected chi connectivity index (χ2v) is 6.58. The number of halogens is 1. The van der Waals surface area contributed by atoms with Crippen LogP contribution in [0.25, 0.3) is 0 Å². The number of aliphatic carboxylic acids is 1. The van der Waals surface area contributed by atoms with Crippen LogP contribution < -0.4 is 10.1 Å². The Labute approximate surface area is 151 Å². The zero-order valence-electron chi connectivity index (χ0n) is 14.1. The van der Waals surface area contributed by atoms with Gasteiger partial charge in [0.15, 0.2) is 5.60 Å². The molecule has 0 radical (unpaired) electrons. The molecule has 2 aromatic rings. The Bertz CT molecular complexity index is 739. The Hall–Kier alpha value is -2.53. The number of carbonyl (C=O) groups is 2. The van der Waals surface area contributed by atoms with Crippen molar-refractivity contribution in [3.05, 3.63) is 64.7 Å². The molecule has 0 atom stereocenters. The Balaban J connectivity index is 1.85. The lowest BCUT2D eigenvalue weighted by Gasteiger charge is -2.21. The maximum Gasteiger partial charge on any atom is 0.347 e. The second kappa shape index (κ2) is 8.03. The van der Waals surface area contributed by atoms with Crippen LogP contribution in [-0.4, -0.2) is 22.6 Å². The van der Waals surface area contributed by atoms with Gasteiger partial charge in [-0.25, -0.2) is 4.79 Å². The molecular weight excluding hydrogens is 342 g/mol. The van der Waals surface area contributed by atoms with Gasteiger partial charge in [0.25, 0.3) is 0 Å². The number of carboxylic acid groups (broad SMARTS) is 1. The molecular formula is C19H20ClNO4. The first-order chi connectivity index (χ1) is 11.8. The van der Waals surface area contributed by atoms with E-state index >= 15 is 0 Å². The van der Waals surface area contributed by atoms with E-state index in [1.165, 1.54) is 13.8 Å². The van der Waals surface area contributed by atoms with Crippen molar-refractivity contribution in [2.75, 3.05) is 0 Å². The number of carboxylic acids is 1. The van der Waals surface area contributed by atoms with Crippen LogP contribution in [-0.2, 0) is 22.6 Å². The first-order valence-electron chi connectivity index (χ1n) is 7.79. The predicted octanol–water partition coefficient (Wildman–Crippen LogP) is 3.44. The fourth-order valence-electron chi connectivity index (χ4n) is 2.06. The molecule has 2 rings (SSSR count). The molecule has 0 aliphatic heterocycles. The van der Waals surface area contributed by atoms with Gasteiger partial charge in [0.2, 0.25) is 5.91 Å². The van der Waals surface area contributed by atoms with Crippen LogP contribution in [0.5, 0.6) is 5.75 Å². The number of hydrogen-bond donors (Lipinski definition) is 2. The molecule has 1 amide bonds. The minimum Gasteiger partial charge on any atom is -0.478 e. The average molecular weight is 362 g/mol. The van der Waals surface area contributed by atoms with Crippen molar-refractivity contribution in [3.63, 3.8) is 0 Å². The molecule has 0 bridgehead atoms. The quantitative estimate of drug-likeness (QED) is 0.792. The molecule has 5 nitrogen and oxygen atoms in total. The lowest BCUT2D eigenvalue weighted by molar-refractivity contribution is -0.152. The molecule has 2 N–H and O–H groups in total. The van der Waals surface area contributed by atoms with Crippen molar-refractivity contribution in [1.82, 2.24) is 5.32 Å². The monoisotopic (exact) mass is 361 g/mol. The number of nitrogens with one attached hydrogen (secondary N) is 1. The fraction of sp³-hybridized carbons (Fsp3) is 0.263. The van der Waals surface area contributed by atoms with Crippen LogP contribution >= 0.6 is 11.6 Å². The molecule has 6 heteroatoms. The summed E-state index contributed by atoms with van der Waals surface area (Å²) in [5.41, 5.74) is 0.486. The third-order valence-corrected chi connectivity index (χ3v) is 3.83. The minimum absolute atomic E-state index is 0.0883. The van der Waals surface area contributed by atoms with E-state index in [9.17, 15) is 9.59 Å². The van der Waals surface area contributed by atoms with Gasteiger partial charge in [-0.3, -0.25) is 4.79 Å². The SMILES string of the molecule is CC(C)(Oc1ccc(CNC(=O)Cc2ccc(Cl)cc2)cc1)C(=O)O. The summed E-state index contributed by atoms with van der Waals surface area (Å²) in [5.74, 6) is -0.663. The Morgan fingerprint density at radius 3 is 2.16 bits per heavy atom. The lowest BCUT2D eigenvalue weighted by Crippen LogP contribution is -2.37. The molecule has 0 heterocycles. The Morgan fingerprint density at radius 1 is 1.04 bits per heavy atom. The Kier molecular flexibility index (Phi) is 6.04. The van der Waals surface area contributed by atoms with Crippen molar-refractivity contribution >= 4 is 23.5 Å². The van der Waals surface area contributed by atoms with Crippen molar-refractivity contribution in [2.24, 2.45) is 0 Å². The van der Waals surface area contributed by atoms with Gasteiger partial charge in [-0.05, 0) is 49.2 Å².